The second kappa shape index (κ2) is 7.37. The summed E-state index contributed by atoms with van der Waals surface area (Å²) < 4.78 is 1.60. The Morgan fingerprint density at radius 1 is 0.939 bits per heavy atom. The number of anilines is 1. The van der Waals surface area contributed by atoms with Crippen LogP contribution < -0.4 is 5.32 Å². The van der Waals surface area contributed by atoms with Crippen LogP contribution in [0, 0.1) is 5.92 Å². The topological polar surface area (TPSA) is 96.7 Å². The van der Waals surface area contributed by atoms with Crippen LogP contribution >= 0.6 is 0 Å². The van der Waals surface area contributed by atoms with Gasteiger partial charge in [0.1, 0.15) is 0 Å². The molecule has 1 aliphatic carbocycles. The van der Waals surface area contributed by atoms with E-state index in [1.165, 1.54) is 4.90 Å². The molecule has 2 aromatic heterocycles. The summed E-state index contributed by atoms with van der Waals surface area (Å²) in [5, 5.41) is 7.12. The van der Waals surface area contributed by atoms with Crippen molar-refractivity contribution in [2.45, 2.75) is 19.4 Å². The third-order valence-corrected chi connectivity index (χ3v) is 6.01. The van der Waals surface area contributed by atoms with Crippen molar-refractivity contribution in [3.05, 3.63) is 83.6 Å². The molecule has 2 aliphatic rings. The number of fused-ring (bicyclic) bond motifs is 2. The summed E-state index contributed by atoms with van der Waals surface area (Å²) in [5.74, 6) is -0.369. The van der Waals surface area contributed by atoms with E-state index in [2.05, 4.69) is 15.4 Å². The summed E-state index contributed by atoms with van der Waals surface area (Å²) in [6.45, 7) is 0.229. The molecule has 0 bridgehead atoms. The molecule has 2 aromatic carbocycles. The molecule has 6 rings (SSSR count). The quantitative estimate of drug-likeness (QED) is 0.482. The summed E-state index contributed by atoms with van der Waals surface area (Å²) >= 11 is 0. The highest BCUT2D eigenvalue weighted by Gasteiger charge is 2.36. The number of aromatic nitrogens is 3. The second-order valence-corrected chi connectivity index (χ2v) is 8.33. The van der Waals surface area contributed by atoms with Crippen LogP contribution in [0.15, 0.2) is 66.9 Å². The summed E-state index contributed by atoms with van der Waals surface area (Å²) in [7, 11) is 0. The first-order chi connectivity index (χ1) is 16.1. The zero-order valence-corrected chi connectivity index (χ0v) is 17.6. The first-order valence-corrected chi connectivity index (χ1v) is 10.8. The highest BCUT2D eigenvalue weighted by molar-refractivity contribution is 6.21. The van der Waals surface area contributed by atoms with Gasteiger partial charge in [-0.2, -0.15) is 4.98 Å². The highest BCUT2D eigenvalue weighted by Crippen LogP contribution is 2.32. The Kier molecular flexibility index (Phi) is 4.33. The van der Waals surface area contributed by atoms with Crippen molar-refractivity contribution in [2.24, 2.45) is 5.92 Å². The van der Waals surface area contributed by atoms with Gasteiger partial charge in [-0.15, -0.1) is 5.10 Å². The summed E-state index contributed by atoms with van der Waals surface area (Å²) in [5.41, 5.74) is 3.71. The van der Waals surface area contributed by atoms with E-state index < -0.39 is 0 Å². The molecule has 0 saturated heterocycles. The van der Waals surface area contributed by atoms with Crippen LogP contribution in [0.25, 0.3) is 16.8 Å². The van der Waals surface area contributed by atoms with Gasteiger partial charge in [-0.1, -0.05) is 36.4 Å². The van der Waals surface area contributed by atoms with Gasteiger partial charge in [0.25, 0.3) is 11.8 Å². The van der Waals surface area contributed by atoms with E-state index in [-0.39, 0.29) is 36.1 Å². The monoisotopic (exact) mass is 437 g/mol. The third-order valence-electron chi connectivity index (χ3n) is 6.01. The number of hydrogen-bond donors (Lipinski definition) is 1. The molecule has 4 aromatic rings. The van der Waals surface area contributed by atoms with Crippen LogP contribution in [0.2, 0.25) is 0 Å². The summed E-state index contributed by atoms with van der Waals surface area (Å²) in [4.78, 5) is 43.8. The Hall–Kier alpha value is -4.33. The fourth-order valence-corrected chi connectivity index (χ4v) is 4.11. The lowest BCUT2D eigenvalue weighted by atomic mass is 10.0. The van der Waals surface area contributed by atoms with Crippen LogP contribution in [-0.4, -0.2) is 37.2 Å². The molecule has 0 spiro atoms. The largest absolute Gasteiger partial charge is 0.293 e. The molecular formula is C25H19N5O3. The second-order valence-electron chi connectivity index (χ2n) is 8.33. The van der Waals surface area contributed by atoms with Gasteiger partial charge in [0.2, 0.25) is 11.9 Å². The Morgan fingerprint density at radius 2 is 1.73 bits per heavy atom. The maximum Gasteiger partial charge on any atom is 0.261 e. The molecule has 3 heterocycles. The molecule has 8 nitrogen and oxygen atoms in total. The molecule has 0 atom stereocenters. The Labute approximate surface area is 188 Å². The average molecular weight is 437 g/mol. The lowest BCUT2D eigenvalue weighted by Gasteiger charge is -2.13. The van der Waals surface area contributed by atoms with Crippen molar-refractivity contribution >= 4 is 29.3 Å². The van der Waals surface area contributed by atoms with Gasteiger partial charge in [-0.05, 0) is 48.2 Å². The third kappa shape index (κ3) is 3.36. The number of carbonyl (C=O) groups excluding carboxylic acids is 3. The molecule has 1 fully saturated rings. The fraction of sp³-hybridized carbons (Fsp3) is 0.160. The Balaban J connectivity index is 1.34. The van der Waals surface area contributed by atoms with Gasteiger partial charge >= 0.3 is 0 Å². The predicted octanol–water partition coefficient (Wildman–Crippen LogP) is 3.54. The molecule has 0 unspecified atom stereocenters. The molecular weight excluding hydrogens is 418 g/mol. The van der Waals surface area contributed by atoms with Crippen molar-refractivity contribution in [2.75, 3.05) is 5.32 Å². The predicted molar refractivity (Wildman–Crippen MR) is 120 cm³/mol. The SMILES string of the molecule is O=C(Nc1nc2c(-c3ccc4c(c3)C(=O)N(Cc3ccccc3)C4=O)cccn2n1)C1CC1. The minimum atomic E-state index is -0.313. The van der Waals surface area contributed by atoms with Gasteiger partial charge in [0.05, 0.1) is 17.7 Å². The van der Waals surface area contributed by atoms with Crippen molar-refractivity contribution < 1.29 is 14.4 Å². The van der Waals surface area contributed by atoms with E-state index in [9.17, 15) is 14.4 Å². The zero-order chi connectivity index (χ0) is 22.5. The Morgan fingerprint density at radius 3 is 2.52 bits per heavy atom. The molecule has 1 N–H and O–H groups in total. The molecule has 0 radical (unpaired) electrons. The van der Waals surface area contributed by atoms with E-state index in [1.807, 2.05) is 48.5 Å². The molecule has 162 valence electrons. The van der Waals surface area contributed by atoms with E-state index >= 15 is 0 Å². The molecule has 1 saturated carbocycles. The lowest BCUT2D eigenvalue weighted by molar-refractivity contribution is -0.117. The number of benzene rings is 2. The maximum absolute atomic E-state index is 13.1. The number of rotatable bonds is 5. The van der Waals surface area contributed by atoms with Crippen LogP contribution in [0.3, 0.4) is 0 Å². The van der Waals surface area contributed by atoms with Crippen molar-refractivity contribution in [1.29, 1.82) is 0 Å². The summed E-state index contributed by atoms with van der Waals surface area (Å²) in [6.07, 6.45) is 3.55. The normalized spacial score (nSPS) is 15.2. The minimum absolute atomic E-state index is 0.0511. The van der Waals surface area contributed by atoms with Gasteiger partial charge in [0.15, 0.2) is 5.65 Å². The zero-order valence-electron chi connectivity index (χ0n) is 17.6. The van der Waals surface area contributed by atoms with Crippen LogP contribution in [0.1, 0.15) is 39.1 Å². The van der Waals surface area contributed by atoms with Gasteiger partial charge in [0, 0.05) is 17.7 Å². The number of nitrogens with one attached hydrogen (secondary N) is 1. The van der Waals surface area contributed by atoms with Crippen molar-refractivity contribution in [3.63, 3.8) is 0 Å². The molecule has 3 amide bonds. The number of nitrogens with zero attached hydrogens (tertiary/aromatic N) is 4. The number of pyridine rings is 1. The minimum Gasteiger partial charge on any atom is -0.293 e. The lowest BCUT2D eigenvalue weighted by Crippen LogP contribution is -2.29. The number of amides is 3. The van der Waals surface area contributed by atoms with Crippen LogP contribution in [0.5, 0.6) is 0 Å². The number of imide groups is 1. The van der Waals surface area contributed by atoms with Crippen LogP contribution in [0.4, 0.5) is 5.95 Å². The van der Waals surface area contributed by atoms with E-state index in [4.69, 9.17) is 0 Å². The van der Waals surface area contributed by atoms with Gasteiger partial charge in [-0.3, -0.25) is 24.6 Å². The van der Waals surface area contributed by atoms with E-state index in [0.29, 0.717) is 16.8 Å². The maximum atomic E-state index is 13.1. The van der Waals surface area contributed by atoms with E-state index in [1.54, 1.807) is 22.8 Å². The molecule has 1 aliphatic heterocycles. The molecule has 8 heteroatoms. The fourth-order valence-electron chi connectivity index (χ4n) is 4.11. The summed E-state index contributed by atoms with van der Waals surface area (Å²) in [6, 6.07) is 18.4. The van der Waals surface area contributed by atoms with Gasteiger partial charge < -0.3 is 0 Å². The first kappa shape index (κ1) is 19.4. The van der Waals surface area contributed by atoms with Crippen LogP contribution in [-0.2, 0) is 11.3 Å². The van der Waals surface area contributed by atoms with Crippen molar-refractivity contribution in [3.8, 4) is 11.1 Å². The van der Waals surface area contributed by atoms with Crippen molar-refractivity contribution in [1.82, 2.24) is 19.5 Å². The molecule has 33 heavy (non-hydrogen) atoms. The van der Waals surface area contributed by atoms with E-state index in [0.717, 1.165) is 29.5 Å². The number of hydrogen-bond acceptors (Lipinski definition) is 5. The Bertz CT molecular complexity index is 1440. The highest BCUT2D eigenvalue weighted by atomic mass is 16.2. The standard InChI is InChI=1S/C25H19N5O3/c31-22(16-8-9-16)27-25-26-21-18(7-4-12-30(21)28-25)17-10-11-19-20(13-17)24(33)29(23(19)32)14-15-5-2-1-3-6-15/h1-7,10-13,16H,8-9,14H2,(H,27,28,31). The first-order valence-electron chi connectivity index (χ1n) is 10.8. The number of carbonyl (C=O) groups is 3. The van der Waals surface area contributed by atoms with Gasteiger partial charge in [-0.25, -0.2) is 4.52 Å². The average Bonchev–Trinajstić information content (AvgIpc) is 3.57. The smallest absolute Gasteiger partial charge is 0.261 e.